The zero-order chi connectivity index (χ0) is 22.1. The maximum Gasteiger partial charge on any atom is 0.309 e. The summed E-state index contributed by atoms with van der Waals surface area (Å²) in [6.45, 7) is 6.75. The molecule has 0 saturated carbocycles. The van der Waals surface area contributed by atoms with Crippen molar-refractivity contribution in [1.82, 2.24) is 20.4 Å². The average molecular weight is 431 g/mol. The molecule has 1 aliphatic heterocycles. The van der Waals surface area contributed by atoms with E-state index in [0.717, 1.165) is 54.6 Å². The summed E-state index contributed by atoms with van der Waals surface area (Å²) in [5, 5.41) is 12.1. The van der Waals surface area contributed by atoms with Crippen molar-refractivity contribution in [1.29, 1.82) is 0 Å². The van der Waals surface area contributed by atoms with E-state index in [4.69, 9.17) is 8.83 Å². The van der Waals surface area contributed by atoms with Gasteiger partial charge in [-0.2, -0.15) is 0 Å². The van der Waals surface area contributed by atoms with Crippen molar-refractivity contribution in [2.75, 3.05) is 13.1 Å². The van der Waals surface area contributed by atoms with Gasteiger partial charge in [0, 0.05) is 36.6 Å². The van der Waals surface area contributed by atoms with Crippen molar-refractivity contribution in [3.05, 3.63) is 71.1 Å². The molecule has 3 heterocycles. The predicted octanol–water partition coefficient (Wildman–Crippen LogP) is 4.49. The first kappa shape index (κ1) is 20.5. The number of furan rings is 1. The highest BCUT2D eigenvalue weighted by atomic mass is 16.4. The molecule has 0 atom stereocenters. The fourth-order valence-corrected chi connectivity index (χ4v) is 4.32. The molecular formula is C25H26N4O3. The number of benzene rings is 2. The molecule has 0 radical (unpaired) electrons. The summed E-state index contributed by atoms with van der Waals surface area (Å²) in [5.41, 5.74) is 4.06. The minimum atomic E-state index is -0.338. The van der Waals surface area contributed by atoms with Gasteiger partial charge in [0.2, 0.25) is 0 Å². The lowest BCUT2D eigenvalue weighted by molar-refractivity contribution is 0.0874. The zero-order valence-corrected chi connectivity index (χ0v) is 18.3. The van der Waals surface area contributed by atoms with E-state index in [1.165, 1.54) is 5.56 Å². The first-order valence-electron chi connectivity index (χ1n) is 11.0. The van der Waals surface area contributed by atoms with Gasteiger partial charge in [-0.05, 0) is 37.8 Å². The zero-order valence-electron chi connectivity index (χ0n) is 18.3. The quantitative estimate of drug-likeness (QED) is 0.502. The molecular weight excluding hydrogens is 404 g/mol. The Balaban J connectivity index is 1.22. The molecule has 32 heavy (non-hydrogen) atoms. The maximum atomic E-state index is 12.7. The average Bonchev–Trinajstić information content (AvgIpc) is 3.42. The number of fused-ring (bicyclic) bond motifs is 1. The SMILES string of the molecule is Cc1c(-c2nnc(C(=O)NC3CCN(Cc4ccccc4)CC3)o2)oc2c(C)cccc12. The molecule has 2 aromatic carbocycles. The molecule has 1 amide bonds. The molecule has 1 aliphatic rings. The van der Waals surface area contributed by atoms with Crippen LogP contribution in [0.5, 0.6) is 0 Å². The highest BCUT2D eigenvalue weighted by Crippen LogP contribution is 2.33. The van der Waals surface area contributed by atoms with Gasteiger partial charge in [-0.3, -0.25) is 9.69 Å². The largest absolute Gasteiger partial charge is 0.450 e. The molecule has 4 aromatic rings. The Morgan fingerprint density at radius 2 is 1.81 bits per heavy atom. The van der Waals surface area contributed by atoms with E-state index in [9.17, 15) is 4.79 Å². The van der Waals surface area contributed by atoms with Crippen LogP contribution in [0.4, 0.5) is 0 Å². The molecule has 1 N–H and O–H groups in total. The summed E-state index contributed by atoms with van der Waals surface area (Å²) >= 11 is 0. The van der Waals surface area contributed by atoms with E-state index < -0.39 is 0 Å². The van der Waals surface area contributed by atoms with Gasteiger partial charge in [-0.15, -0.1) is 10.2 Å². The van der Waals surface area contributed by atoms with Crippen molar-refractivity contribution < 1.29 is 13.6 Å². The minimum Gasteiger partial charge on any atom is -0.450 e. The first-order chi connectivity index (χ1) is 15.6. The molecule has 7 nitrogen and oxygen atoms in total. The first-order valence-corrected chi connectivity index (χ1v) is 11.0. The lowest BCUT2D eigenvalue weighted by atomic mass is 10.0. The van der Waals surface area contributed by atoms with E-state index in [1.54, 1.807) is 0 Å². The van der Waals surface area contributed by atoms with Crippen LogP contribution in [0.1, 0.15) is 40.2 Å². The van der Waals surface area contributed by atoms with Crippen LogP contribution in [0.3, 0.4) is 0 Å². The Hall–Kier alpha value is -3.45. The van der Waals surface area contributed by atoms with Gasteiger partial charge in [0.15, 0.2) is 5.76 Å². The molecule has 0 aliphatic carbocycles. The smallest absolute Gasteiger partial charge is 0.309 e. The van der Waals surface area contributed by atoms with Crippen LogP contribution in [-0.4, -0.2) is 40.1 Å². The number of para-hydroxylation sites is 1. The Labute approximate surface area is 186 Å². The second-order valence-electron chi connectivity index (χ2n) is 8.43. The molecule has 1 fully saturated rings. The number of rotatable bonds is 5. The fourth-order valence-electron chi connectivity index (χ4n) is 4.32. The minimum absolute atomic E-state index is 0.0386. The number of carbonyl (C=O) groups is 1. The van der Waals surface area contributed by atoms with E-state index in [1.807, 2.05) is 38.1 Å². The second kappa shape index (κ2) is 8.59. The Morgan fingerprint density at radius 3 is 2.56 bits per heavy atom. The number of amides is 1. The summed E-state index contributed by atoms with van der Waals surface area (Å²) in [6.07, 6.45) is 1.78. The van der Waals surface area contributed by atoms with Crippen LogP contribution in [0.15, 0.2) is 57.4 Å². The monoisotopic (exact) mass is 430 g/mol. The summed E-state index contributed by atoms with van der Waals surface area (Å²) in [7, 11) is 0. The standard InChI is InChI=1S/C25H26N4O3/c1-16-7-6-10-20-17(2)22(31-21(16)20)24-27-28-25(32-24)23(30)26-19-11-13-29(14-12-19)15-18-8-4-3-5-9-18/h3-10,19H,11-15H2,1-2H3,(H,26,30). The number of nitrogens with one attached hydrogen (secondary N) is 1. The third-order valence-electron chi connectivity index (χ3n) is 6.15. The molecule has 0 spiro atoms. The number of hydrogen-bond acceptors (Lipinski definition) is 6. The van der Waals surface area contributed by atoms with Gasteiger partial charge in [0.25, 0.3) is 5.89 Å². The predicted molar refractivity (Wildman–Crippen MR) is 121 cm³/mol. The molecule has 1 saturated heterocycles. The molecule has 0 unspecified atom stereocenters. The lowest BCUT2D eigenvalue weighted by Gasteiger charge is -2.32. The number of aryl methyl sites for hydroxylation is 2. The molecule has 2 aromatic heterocycles. The van der Waals surface area contributed by atoms with Crippen LogP contribution >= 0.6 is 0 Å². The van der Waals surface area contributed by atoms with Crippen molar-refractivity contribution in [2.24, 2.45) is 0 Å². The van der Waals surface area contributed by atoms with Crippen molar-refractivity contribution in [3.8, 4) is 11.7 Å². The number of piperidine rings is 1. The third kappa shape index (κ3) is 4.03. The Morgan fingerprint density at radius 1 is 1.03 bits per heavy atom. The number of likely N-dealkylation sites (tertiary alicyclic amines) is 1. The van der Waals surface area contributed by atoms with E-state index in [0.29, 0.717) is 5.76 Å². The molecule has 164 valence electrons. The number of nitrogens with zero attached hydrogens (tertiary/aromatic N) is 3. The van der Waals surface area contributed by atoms with Gasteiger partial charge in [-0.1, -0.05) is 48.5 Å². The van der Waals surface area contributed by atoms with Gasteiger partial charge in [-0.25, -0.2) is 0 Å². The van der Waals surface area contributed by atoms with Crippen molar-refractivity contribution in [3.63, 3.8) is 0 Å². The summed E-state index contributed by atoms with van der Waals surface area (Å²) in [5.74, 6) is 0.356. The lowest BCUT2D eigenvalue weighted by Crippen LogP contribution is -2.44. The van der Waals surface area contributed by atoms with Crippen LogP contribution < -0.4 is 5.32 Å². The number of hydrogen-bond donors (Lipinski definition) is 1. The van der Waals surface area contributed by atoms with Crippen molar-refractivity contribution in [2.45, 2.75) is 39.3 Å². The molecule has 0 bridgehead atoms. The fraction of sp³-hybridized carbons (Fsp3) is 0.320. The highest BCUT2D eigenvalue weighted by Gasteiger charge is 2.25. The normalized spacial score (nSPS) is 15.3. The van der Waals surface area contributed by atoms with E-state index in [2.05, 4.69) is 44.7 Å². The molecule has 7 heteroatoms. The number of carbonyl (C=O) groups excluding carboxylic acids is 1. The van der Waals surface area contributed by atoms with Crippen LogP contribution in [0.2, 0.25) is 0 Å². The summed E-state index contributed by atoms with van der Waals surface area (Å²) in [6, 6.07) is 16.5. The maximum absolute atomic E-state index is 12.7. The van der Waals surface area contributed by atoms with Gasteiger partial charge >= 0.3 is 11.8 Å². The van der Waals surface area contributed by atoms with Crippen LogP contribution in [0.25, 0.3) is 22.6 Å². The number of aromatic nitrogens is 2. The Kier molecular flexibility index (Phi) is 5.49. The highest BCUT2D eigenvalue weighted by molar-refractivity contribution is 5.91. The van der Waals surface area contributed by atoms with Crippen LogP contribution in [-0.2, 0) is 6.54 Å². The van der Waals surface area contributed by atoms with Gasteiger partial charge in [0.05, 0.1) is 0 Å². The summed E-state index contributed by atoms with van der Waals surface area (Å²) < 4.78 is 11.7. The van der Waals surface area contributed by atoms with Gasteiger partial charge < -0.3 is 14.2 Å². The second-order valence-corrected chi connectivity index (χ2v) is 8.43. The summed E-state index contributed by atoms with van der Waals surface area (Å²) in [4.78, 5) is 15.1. The van der Waals surface area contributed by atoms with E-state index >= 15 is 0 Å². The molecule has 5 rings (SSSR count). The third-order valence-corrected chi connectivity index (χ3v) is 6.15. The van der Waals surface area contributed by atoms with E-state index in [-0.39, 0.29) is 23.7 Å². The van der Waals surface area contributed by atoms with Gasteiger partial charge in [0.1, 0.15) is 5.58 Å². The Bertz CT molecular complexity index is 1240. The van der Waals surface area contributed by atoms with Crippen LogP contribution in [0, 0.1) is 13.8 Å². The van der Waals surface area contributed by atoms with Crippen molar-refractivity contribution >= 4 is 16.9 Å². The topological polar surface area (TPSA) is 84.4 Å².